The highest BCUT2D eigenvalue weighted by Crippen LogP contribution is 2.21. The third-order valence-corrected chi connectivity index (χ3v) is 2.87. The first-order chi connectivity index (χ1) is 8.99. The first-order valence-corrected chi connectivity index (χ1v) is 6.32. The third-order valence-electron chi connectivity index (χ3n) is 1.98. The number of amides is 2. The molecular weight excluding hydrogens is 272 g/mol. The number of carboxylic acid groups (broad SMARTS) is 1. The summed E-state index contributed by atoms with van der Waals surface area (Å²) in [5, 5.41) is 15.3. The van der Waals surface area contributed by atoms with Gasteiger partial charge < -0.3 is 20.5 Å². The first kappa shape index (κ1) is 15.0. The molecule has 0 saturated carbocycles. The Labute approximate surface area is 113 Å². The van der Waals surface area contributed by atoms with E-state index in [9.17, 15) is 14.4 Å². The maximum atomic E-state index is 11.3. The van der Waals surface area contributed by atoms with Gasteiger partial charge >= 0.3 is 5.97 Å². The van der Waals surface area contributed by atoms with Gasteiger partial charge in [-0.25, -0.2) is 4.79 Å². The van der Waals surface area contributed by atoms with E-state index >= 15 is 0 Å². The summed E-state index contributed by atoms with van der Waals surface area (Å²) in [4.78, 5) is 32.7. The Bertz CT molecular complexity index is 471. The zero-order valence-electron chi connectivity index (χ0n) is 10.3. The zero-order chi connectivity index (χ0) is 14.3. The Morgan fingerprint density at radius 3 is 2.58 bits per heavy atom. The highest BCUT2D eigenvalue weighted by atomic mass is 32.1. The lowest BCUT2D eigenvalue weighted by Gasteiger charge is -2.06. The fourth-order valence-electron chi connectivity index (χ4n) is 1.15. The molecule has 8 heteroatoms. The third kappa shape index (κ3) is 5.87. The predicted octanol–water partition coefficient (Wildman–Crippen LogP) is 0.0774. The summed E-state index contributed by atoms with van der Waals surface area (Å²) in [6.07, 6.45) is 0. The van der Waals surface area contributed by atoms with Gasteiger partial charge in [-0.15, -0.1) is 11.3 Å². The Kier molecular flexibility index (Phi) is 5.80. The molecule has 0 aliphatic rings. The minimum Gasteiger partial charge on any atom is -0.483 e. The number of aromatic carboxylic acids is 1. The van der Waals surface area contributed by atoms with Crippen molar-refractivity contribution in [1.82, 2.24) is 10.6 Å². The highest BCUT2D eigenvalue weighted by molar-refractivity contribution is 7.12. The van der Waals surface area contributed by atoms with Gasteiger partial charge in [0.25, 0.3) is 5.91 Å². The number of carbonyl (C=O) groups is 3. The van der Waals surface area contributed by atoms with Crippen molar-refractivity contribution < 1.29 is 24.2 Å². The molecule has 2 amide bonds. The number of hydrogen-bond donors (Lipinski definition) is 3. The van der Waals surface area contributed by atoms with E-state index in [1.54, 1.807) is 0 Å². The van der Waals surface area contributed by atoms with Gasteiger partial charge in [0, 0.05) is 31.5 Å². The lowest BCUT2D eigenvalue weighted by molar-refractivity contribution is -0.123. The molecule has 0 bridgehead atoms. The number of carboxylic acids is 1. The topological polar surface area (TPSA) is 105 Å². The van der Waals surface area contributed by atoms with Gasteiger partial charge in [0.2, 0.25) is 5.91 Å². The monoisotopic (exact) mass is 286 g/mol. The molecule has 1 aromatic heterocycles. The molecule has 0 aromatic carbocycles. The van der Waals surface area contributed by atoms with Gasteiger partial charge in [-0.05, 0) is 0 Å². The normalized spacial score (nSPS) is 9.74. The molecule has 0 atom stereocenters. The van der Waals surface area contributed by atoms with Crippen molar-refractivity contribution in [2.45, 2.75) is 6.92 Å². The van der Waals surface area contributed by atoms with Crippen LogP contribution >= 0.6 is 11.3 Å². The van der Waals surface area contributed by atoms with Crippen molar-refractivity contribution in [2.24, 2.45) is 0 Å². The van der Waals surface area contributed by atoms with Gasteiger partial charge in [0.1, 0.15) is 10.6 Å². The van der Waals surface area contributed by atoms with Gasteiger partial charge in [-0.2, -0.15) is 0 Å². The molecule has 19 heavy (non-hydrogen) atoms. The minimum atomic E-state index is -1.03. The first-order valence-electron chi connectivity index (χ1n) is 5.45. The van der Waals surface area contributed by atoms with Crippen molar-refractivity contribution in [3.63, 3.8) is 0 Å². The van der Waals surface area contributed by atoms with Crippen LogP contribution in [0.4, 0.5) is 0 Å². The molecule has 0 unspecified atom stereocenters. The fourth-order valence-corrected chi connectivity index (χ4v) is 1.81. The molecule has 0 radical (unpaired) electrons. The molecule has 0 spiro atoms. The summed E-state index contributed by atoms with van der Waals surface area (Å²) in [5.41, 5.74) is 0. The largest absolute Gasteiger partial charge is 0.483 e. The smallest absolute Gasteiger partial charge is 0.346 e. The molecule has 0 fully saturated rings. The van der Waals surface area contributed by atoms with E-state index in [1.807, 2.05) is 0 Å². The van der Waals surface area contributed by atoms with Crippen LogP contribution in [0.1, 0.15) is 16.6 Å². The Morgan fingerprint density at radius 1 is 1.32 bits per heavy atom. The van der Waals surface area contributed by atoms with E-state index < -0.39 is 5.97 Å². The van der Waals surface area contributed by atoms with Crippen molar-refractivity contribution in [3.8, 4) is 5.75 Å². The molecule has 0 aliphatic heterocycles. The van der Waals surface area contributed by atoms with Gasteiger partial charge in [0.15, 0.2) is 6.61 Å². The second kappa shape index (κ2) is 7.37. The Morgan fingerprint density at radius 2 is 2.00 bits per heavy atom. The standard InChI is InChI=1S/C11H14N2O5S/c1-7(14)12-2-3-13-10(15)5-18-8-4-9(11(16)17)19-6-8/h4,6H,2-3,5H2,1H3,(H,12,14)(H,13,15)(H,16,17). The predicted molar refractivity (Wildman–Crippen MR) is 68.5 cm³/mol. The summed E-state index contributed by atoms with van der Waals surface area (Å²) >= 11 is 1.03. The van der Waals surface area contributed by atoms with Crippen LogP contribution in [-0.2, 0) is 9.59 Å². The van der Waals surface area contributed by atoms with Crippen LogP contribution in [0.25, 0.3) is 0 Å². The van der Waals surface area contributed by atoms with E-state index in [4.69, 9.17) is 9.84 Å². The number of thiophene rings is 1. The second-order valence-corrected chi connectivity index (χ2v) is 4.48. The number of carbonyl (C=O) groups excluding carboxylic acids is 2. The molecule has 104 valence electrons. The van der Waals surface area contributed by atoms with Crippen molar-refractivity contribution in [3.05, 3.63) is 16.3 Å². The molecular formula is C11H14N2O5S. The molecule has 3 N–H and O–H groups in total. The maximum absolute atomic E-state index is 11.3. The minimum absolute atomic E-state index is 0.154. The van der Waals surface area contributed by atoms with Crippen molar-refractivity contribution in [1.29, 1.82) is 0 Å². The lowest BCUT2D eigenvalue weighted by Crippen LogP contribution is -2.36. The Hall–Kier alpha value is -2.09. The van der Waals surface area contributed by atoms with Crippen LogP contribution in [0, 0.1) is 0 Å². The average molecular weight is 286 g/mol. The molecule has 0 aliphatic carbocycles. The van der Waals surface area contributed by atoms with Crippen LogP contribution in [-0.4, -0.2) is 42.6 Å². The molecule has 1 heterocycles. The van der Waals surface area contributed by atoms with Crippen LogP contribution in [0.5, 0.6) is 5.75 Å². The van der Waals surface area contributed by atoms with Gasteiger partial charge in [0.05, 0.1) is 0 Å². The fraction of sp³-hybridized carbons (Fsp3) is 0.364. The summed E-state index contributed by atoms with van der Waals surface area (Å²) < 4.78 is 5.12. The molecule has 0 saturated heterocycles. The average Bonchev–Trinajstić information content (AvgIpc) is 2.81. The van der Waals surface area contributed by atoms with E-state index in [2.05, 4.69) is 10.6 Å². The number of rotatable bonds is 7. The van der Waals surface area contributed by atoms with Crippen molar-refractivity contribution >= 4 is 29.1 Å². The quantitative estimate of drug-likeness (QED) is 0.616. The maximum Gasteiger partial charge on any atom is 0.346 e. The highest BCUT2D eigenvalue weighted by Gasteiger charge is 2.08. The second-order valence-electron chi connectivity index (χ2n) is 3.57. The SMILES string of the molecule is CC(=O)NCCNC(=O)COc1csc(C(=O)O)c1. The van der Waals surface area contributed by atoms with E-state index in [0.717, 1.165) is 11.3 Å². The summed E-state index contributed by atoms with van der Waals surface area (Å²) in [5.74, 6) is -1.18. The number of ether oxygens (including phenoxy) is 1. The van der Waals surface area contributed by atoms with E-state index in [-0.39, 0.29) is 23.3 Å². The summed E-state index contributed by atoms with van der Waals surface area (Å²) in [7, 11) is 0. The Balaban J connectivity index is 2.22. The van der Waals surface area contributed by atoms with Crippen molar-refractivity contribution in [2.75, 3.05) is 19.7 Å². The van der Waals surface area contributed by atoms with Crippen LogP contribution < -0.4 is 15.4 Å². The zero-order valence-corrected chi connectivity index (χ0v) is 11.1. The van der Waals surface area contributed by atoms with E-state index in [0.29, 0.717) is 18.8 Å². The summed E-state index contributed by atoms with van der Waals surface area (Å²) in [6.45, 7) is 1.85. The van der Waals surface area contributed by atoms with Crippen LogP contribution in [0.2, 0.25) is 0 Å². The van der Waals surface area contributed by atoms with E-state index in [1.165, 1.54) is 18.4 Å². The number of nitrogens with one attached hydrogen (secondary N) is 2. The summed E-state index contributed by atoms with van der Waals surface area (Å²) in [6, 6.07) is 1.36. The van der Waals surface area contributed by atoms with Gasteiger partial charge in [-0.1, -0.05) is 0 Å². The molecule has 7 nitrogen and oxygen atoms in total. The molecule has 1 rings (SSSR count). The van der Waals surface area contributed by atoms with Crippen LogP contribution in [0.3, 0.4) is 0 Å². The molecule has 1 aromatic rings. The van der Waals surface area contributed by atoms with Gasteiger partial charge in [-0.3, -0.25) is 9.59 Å². The number of hydrogen-bond acceptors (Lipinski definition) is 5. The lowest BCUT2D eigenvalue weighted by atomic mass is 10.4. The van der Waals surface area contributed by atoms with Crippen LogP contribution in [0.15, 0.2) is 11.4 Å².